The van der Waals surface area contributed by atoms with Gasteiger partial charge in [0.25, 0.3) is 16.8 Å². The van der Waals surface area contributed by atoms with Crippen molar-refractivity contribution in [2.75, 3.05) is 44.8 Å². The summed E-state index contributed by atoms with van der Waals surface area (Å²) in [6, 6.07) is 20.3. The van der Waals surface area contributed by atoms with Crippen molar-refractivity contribution in [3.05, 3.63) is 155 Å². The number of halogens is 4. The van der Waals surface area contributed by atoms with E-state index in [0.29, 0.717) is 79.1 Å². The number of anilines is 5. The normalized spacial score (nSPS) is 10.6. The third-order valence-corrected chi connectivity index (χ3v) is 12.7. The zero-order chi connectivity index (χ0) is 49.3. The van der Waals surface area contributed by atoms with Crippen LogP contribution in [0.5, 0.6) is 23.0 Å². The minimum absolute atomic E-state index is 0. The number of nitrogen functional groups attached to an aromatic ring is 1. The predicted molar refractivity (Wildman–Crippen MR) is 277 cm³/mol. The van der Waals surface area contributed by atoms with Gasteiger partial charge in [-0.25, -0.2) is 9.97 Å². The molecule has 4 N–H and O–H groups in total. The predicted octanol–water partition coefficient (Wildman–Crippen LogP) is 11.9. The van der Waals surface area contributed by atoms with Crippen LogP contribution in [0.3, 0.4) is 0 Å². The number of nitrogens with one attached hydrogen (secondary N) is 2. The Morgan fingerprint density at radius 3 is 1.36 bits per heavy atom. The Morgan fingerprint density at radius 1 is 0.614 bits per heavy atom. The zero-order valence-electron chi connectivity index (χ0n) is 39.0. The molecule has 0 bridgehead atoms. The summed E-state index contributed by atoms with van der Waals surface area (Å²) in [4.78, 5) is 46.6. The van der Waals surface area contributed by atoms with Gasteiger partial charge in [-0.1, -0.05) is 70.7 Å². The second-order valence-corrected chi connectivity index (χ2v) is 16.7. The van der Waals surface area contributed by atoms with Crippen LogP contribution in [0.25, 0.3) is 44.1 Å². The Bertz CT molecular complexity index is 3390. The molecule has 4 heterocycles. The van der Waals surface area contributed by atoms with Gasteiger partial charge in [0.2, 0.25) is 0 Å². The van der Waals surface area contributed by atoms with Crippen molar-refractivity contribution in [2.45, 2.75) is 13.8 Å². The van der Waals surface area contributed by atoms with E-state index in [1.165, 1.54) is 43.6 Å². The topological polar surface area (TPSA) is 200 Å². The van der Waals surface area contributed by atoms with Gasteiger partial charge in [0.05, 0.1) is 87.0 Å². The molecule has 0 amide bonds. The molecule has 0 saturated heterocycles. The maximum Gasteiger partial charge on any atom is 0.292 e. The van der Waals surface area contributed by atoms with Gasteiger partial charge in [0, 0.05) is 99.1 Å². The van der Waals surface area contributed by atoms with Crippen LogP contribution in [0.2, 0.25) is 20.1 Å². The van der Waals surface area contributed by atoms with Crippen LogP contribution < -0.4 is 46.4 Å². The summed E-state index contributed by atoms with van der Waals surface area (Å²) in [6.07, 6.45) is 3.23. The fraction of sp³-hybridized carbons (Fsp3) is 0.163. The van der Waals surface area contributed by atoms with E-state index in [0.717, 1.165) is 16.6 Å². The number of rotatable bonds is 11. The number of fused-ring (bicyclic) bond motifs is 2. The van der Waals surface area contributed by atoms with Crippen molar-refractivity contribution in [1.82, 2.24) is 19.1 Å². The van der Waals surface area contributed by atoms with Gasteiger partial charge in [0.1, 0.15) is 40.3 Å². The summed E-state index contributed by atoms with van der Waals surface area (Å²) in [7, 11) is 9.15. The molecular weight excluding hydrogens is 1080 g/mol. The number of nitrogens with zero attached hydrogens (tertiary/aromatic N) is 5. The van der Waals surface area contributed by atoms with Crippen molar-refractivity contribution in [1.29, 1.82) is 0 Å². The van der Waals surface area contributed by atoms with Crippen LogP contribution in [-0.2, 0) is 34.5 Å². The first-order valence-electron chi connectivity index (χ1n) is 20.3. The van der Waals surface area contributed by atoms with Gasteiger partial charge in [0.15, 0.2) is 0 Å². The Morgan fingerprint density at radius 2 is 0.986 bits per heavy atom. The minimum Gasteiger partial charge on any atom is -0.495 e. The molecule has 0 fully saturated rings. The van der Waals surface area contributed by atoms with Crippen molar-refractivity contribution >= 4 is 103 Å². The van der Waals surface area contributed by atoms with E-state index >= 15 is 0 Å². The van der Waals surface area contributed by atoms with E-state index in [1.54, 1.807) is 81.9 Å². The number of methoxy groups -OCH3 is 4. The molecule has 0 aliphatic rings. The summed E-state index contributed by atoms with van der Waals surface area (Å²) in [5, 5.41) is 19.9. The summed E-state index contributed by atoms with van der Waals surface area (Å²) in [5.41, 5.74) is 11.1. The van der Waals surface area contributed by atoms with Crippen LogP contribution in [0.1, 0.15) is 11.1 Å². The number of nitrogens with two attached hydrogens (primary N) is 1. The Kier molecular flexibility index (Phi) is 17.4. The van der Waals surface area contributed by atoms with Crippen LogP contribution >= 0.6 is 46.4 Å². The number of hydrogen-bond donors (Lipinski definition) is 3. The summed E-state index contributed by atoms with van der Waals surface area (Å²) >= 11 is 26.2. The molecule has 16 nitrogen and oxygen atoms in total. The molecular formula is C49H45Cl4N8O8Pd-. The van der Waals surface area contributed by atoms with E-state index in [1.807, 2.05) is 25.1 Å². The number of aryl methyl sites for hydroxylation is 4. The van der Waals surface area contributed by atoms with Gasteiger partial charge in [-0.3, -0.25) is 19.7 Å². The second kappa shape index (κ2) is 22.4. The first-order valence-corrected chi connectivity index (χ1v) is 21.8. The number of aromatic nitrogens is 4. The van der Waals surface area contributed by atoms with Crippen molar-refractivity contribution in [3.8, 4) is 45.3 Å². The van der Waals surface area contributed by atoms with Gasteiger partial charge < -0.3 is 51.9 Å². The number of nitro groups is 1. The molecule has 8 rings (SSSR count). The molecule has 0 atom stereocenters. The largest absolute Gasteiger partial charge is 0.495 e. The summed E-state index contributed by atoms with van der Waals surface area (Å²) in [5.74, 6) is 2.22. The third kappa shape index (κ3) is 10.3. The maximum atomic E-state index is 13.4. The average molecular weight is 1120 g/mol. The molecule has 0 spiro atoms. The van der Waals surface area contributed by atoms with E-state index in [2.05, 4.69) is 20.6 Å². The molecule has 4 aromatic carbocycles. The molecule has 0 saturated carbocycles. The quantitative estimate of drug-likeness (QED) is 0.0364. The standard InChI is InChI=1S/C24H20Cl2N4O5.C24H22Cl2N4O3.CH3.Pd/c1-12-6-5-7-15(30(32)33)23(12)28-19-9-16-13(11-27-19)8-14(24(31)29(16)2)20-21(25)17(34-3)10-18(35-4)22(20)26;1-12-6-5-7-15(27)23(12)29-19-9-16-13(11-28-19)8-14(24(31)30(16)2)20-21(25)17(32-3)10-18(33-4)22(20)26;;/h5-11H,1-4H3,(H,27,28);5-11H,27H2,1-4H3,(H,28,29);1H3;/q;;-1;. The Labute approximate surface area is 436 Å². The average Bonchev–Trinajstić information content (AvgIpc) is 3.32. The van der Waals surface area contributed by atoms with Gasteiger partial charge in [-0.05, 0) is 43.2 Å². The van der Waals surface area contributed by atoms with Crippen LogP contribution in [0.15, 0.2) is 94.8 Å². The van der Waals surface area contributed by atoms with Crippen molar-refractivity contribution in [2.24, 2.45) is 14.1 Å². The minimum atomic E-state index is -0.464. The number of ether oxygens (including phenoxy) is 4. The van der Waals surface area contributed by atoms with Crippen LogP contribution in [-0.4, -0.2) is 52.5 Å². The zero-order valence-corrected chi connectivity index (χ0v) is 43.6. The van der Waals surface area contributed by atoms with E-state index in [-0.39, 0.29) is 75.9 Å². The molecule has 0 aliphatic carbocycles. The molecule has 0 aliphatic heterocycles. The van der Waals surface area contributed by atoms with Crippen LogP contribution in [0, 0.1) is 31.4 Å². The van der Waals surface area contributed by atoms with E-state index < -0.39 is 4.92 Å². The Hall–Kier alpha value is -6.58. The number of pyridine rings is 4. The van der Waals surface area contributed by atoms with Gasteiger partial charge in [-0.2, -0.15) is 0 Å². The van der Waals surface area contributed by atoms with E-state index in [9.17, 15) is 19.7 Å². The SMILES string of the molecule is COc1cc(OC)c(Cl)c(-c2cc3cnc(Nc4c(C)cccc4N)cc3n(C)c2=O)c1Cl.COc1cc(OC)c(Cl)c(-c2cc3cnc(Nc4c(C)cccc4[N+](=O)[O-])cc3n(C)c2=O)c1Cl.[CH3-].[Pd]. The van der Waals surface area contributed by atoms with Crippen molar-refractivity contribution in [3.63, 3.8) is 0 Å². The molecule has 0 radical (unpaired) electrons. The maximum absolute atomic E-state index is 13.4. The van der Waals surface area contributed by atoms with Gasteiger partial charge >= 0.3 is 0 Å². The third-order valence-electron chi connectivity index (χ3n) is 11.2. The monoisotopic (exact) mass is 1120 g/mol. The molecule has 8 aromatic rings. The fourth-order valence-electron chi connectivity index (χ4n) is 7.55. The molecule has 368 valence electrons. The first kappa shape index (κ1) is 54.4. The summed E-state index contributed by atoms with van der Waals surface area (Å²) in [6.45, 7) is 3.71. The van der Waals surface area contributed by atoms with Gasteiger partial charge in [-0.15, -0.1) is 0 Å². The molecule has 21 heteroatoms. The fourth-order valence-corrected chi connectivity index (χ4v) is 8.96. The van der Waals surface area contributed by atoms with E-state index in [4.69, 9.17) is 71.1 Å². The number of hydrogen-bond acceptors (Lipinski definition) is 13. The number of nitro benzene ring substituents is 1. The van der Waals surface area contributed by atoms with Crippen molar-refractivity contribution < 1.29 is 44.3 Å². The number of para-hydroxylation sites is 2. The smallest absolute Gasteiger partial charge is 0.292 e. The summed E-state index contributed by atoms with van der Waals surface area (Å²) < 4.78 is 24.3. The molecule has 0 unspecified atom stereocenters. The first-order chi connectivity index (χ1) is 32.4. The second-order valence-electron chi connectivity index (χ2n) is 15.2. The Balaban J connectivity index is 0.000000254. The molecule has 70 heavy (non-hydrogen) atoms. The number of benzene rings is 4. The molecule has 4 aromatic heterocycles. The van der Waals surface area contributed by atoms with Crippen LogP contribution in [0.4, 0.5) is 34.4 Å².